The summed E-state index contributed by atoms with van der Waals surface area (Å²) < 4.78 is 4.75. The molecule has 2 heteroatoms. The molecule has 1 aromatic carbocycles. The van der Waals surface area contributed by atoms with Gasteiger partial charge in [-0.3, -0.25) is 0 Å². The lowest BCUT2D eigenvalue weighted by molar-refractivity contribution is -0.136. The summed E-state index contributed by atoms with van der Waals surface area (Å²) in [7, 11) is 0. The van der Waals surface area contributed by atoms with E-state index in [-0.39, 0.29) is 0 Å². The monoisotopic (exact) mass is 240 g/mol. The van der Waals surface area contributed by atoms with E-state index in [1.54, 1.807) is 6.92 Å². The first-order chi connectivity index (χ1) is 8.79. The normalized spacial score (nSPS) is 13.5. The van der Waals surface area contributed by atoms with Crippen LogP contribution in [0.4, 0.5) is 0 Å². The minimum Gasteiger partial charge on any atom is -0.456 e. The molecule has 0 atom stereocenters. The van der Waals surface area contributed by atoms with Gasteiger partial charge in [0.1, 0.15) is 0 Å². The highest BCUT2D eigenvalue weighted by atomic mass is 16.5. The molecule has 1 aromatic rings. The molecule has 2 nitrogen and oxygen atoms in total. The molecule has 0 aromatic heterocycles. The number of esters is 1. The number of hydrogen-bond acceptors (Lipinski definition) is 2. The zero-order valence-electron chi connectivity index (χ0n) is 10.5. The van der Waals surface area contributed by atoms with Crippen molar-refractivity contribution in [1.82, 2.24) is 0 Å². The molecule has 1 aliphatic rings. The Morgan fingerprint density at radius 2 is 2.11 bits per heavy atom. The van der Waals surface area contributed by atoms with Crippen LogP contribution in [0.15, 0.2) is 30.3 Å². The Balaban J connectivity index is 2.05. The van der Waals surface area contributed by atoms with E-state index in [2.05, 4.69) is 30.0 Å². The van der Waals surface area contributed by atoms with E-state index in [9.17, 15) is 4.79 Å². The molecular weight excluding hydrogens is 224 g/mol. The van der Waals surface area contributed by atoms with Crippen LogP contribution in [0.5, 0.6) is 0 Å². The van der Waals surface area contributed by atoms with Crippen molar-refractivity contribution in [3.63, 3.8) is 0 Å². The second kappa shape index (κ2) is 6.07. The molecule has 0 bridgehead atoms. The van der Waals surface area contributed by atoms with Gasteiger partial charge >= 0.3 is 5.97 Å². The van der Waals surface area contributed by atoms with Crippen LogP contribution in [0.1, 0.15) is 37.3 Å². The second-order valence-corrected chi connectivity index (χ2v) is 4.17. The summed E-state index contributed by atoms with van der Waals surface area (Å²) in [4.78, 5) is 11.1. The first kappa shape index (κ1) is 12.4. The van der Waals surface area contributed by atoms with Crippen LogP contribution in [-0.2, 0) is 9.53 Å². The predicted octanol–water partition coefficient (Wildman–Crippen LogP) is 3.17. The Morgan fingerprint density at radius 1 is 1.33 bits per heavy atom. The predicted molar refractivity (Wildman–Crippen MR) is 71.8 cm³/mol. The summed E-state index contributed by atoms with van der Waals surface area (Å²) in [6.45, 7) is 2.13. The highest BCUT2D eigenvalue weighted by molar-refractivity contribution is 5.89. The van der Waals surface area contributed by atoms with Crippen LogP contribution in [0, 0.1) is 11.8 Å². The minimum absolute atomic E-state index is 0.362. The van der Waals surface area contributed by atoms with Gasteiger partial charge < -0.3 is 4.74 Å². The standard InChI is InChI=1S/C16H16O2/c1-2-18-16(17)12-9-13-7-10-15(11-8-13)14-5-3-4-6-14/h5,7-8,10-11H,2-4,6H2,1H3. The van der Waals surface area contributed by atoms with Crippen LogP contribution in [-0.4, -0.2) is 12.6 Å². The molecule has 0 N–H and O–H groups in total. The van der Waals surface area contributed by atoms with Gasteiger partial charge in [-0.1, -0.05) is 24.1 Å². The molecule has 0 spiro atoms. The molecule has 0 saturated heterocycles. The van der Waals surface area contributed by atoms with E-state index in [4.69, 9.17) is 4.74 Å². The summed E-state index contributed by atoms with van der Waals surface area (Å²) in [5, 5.41) is 0. The number of rotatable bonds is 2. The van der Waals surface area contributed by atoms with Crippen LogP contribution >= 0.6 is 0 Å². The van der Waals surface area contributed by atoms with Crippen LogP contribution in [0.25, 0.3) is 5.57 Å². The van der Waals surface area contributed by atoms with Crippen LogP contribution in [0.2, 0.25) is 0 Å². The van der Waals surface area contributed by atoms with Gasteiger partial charge in [-0.25, -0.2) is 4.79 Å². The second-order valence-electron chi connectivity index (χ2n) is 4.17. The van der Waals surface area contributed by atoms with Crippen molar-refractivity contribution in [2.45, 2.75) is 26.2 Å². The first-order valence-electron chi connectivity index (χ1n) is 6.28. The fourth-order valence-corrected chi connectivity index (χ4v) is 1.99. The molecular formula is C16H16O2. The van der Waals surface area contributed by atoms with E-state index in [1.807, 2.05) is 12.1 Å². The fourth-order valence-electron chi connectivity index (χ4n) is 1.99. The lowest BCUT2D eigenvalue weighted by Gasteiger charge is -2.01. The number of carbonyl (C=O) groups is 1. The lowest BCUT2D eigenvalue weighted by Crippen LogP contribution is -1.99. The van der Waals surface area contributed by atoms with E-state index < -0.39 is 5.97 Å². The van der Waals surface area contributed by atoms with Crippen LogP contribution < -0.4 is 0 Å². The van der Waals surface area contributed by atoms with Crippen molar-refractivity contribution < 1.29 is 9.53 Å². The Hall–Kier alpha value is -2.01. The van der Waals surface area contributed by atoms with Gasteiger partial charge in [0.2, 0.25) is 0 Å². The number of ether oxygens (including phenoxy) is 1. The van der Waals surface area contributed by atoms with Gasteiger partial charge in [0, 0.05) is 11.5 Å². The Bertz CT molecular complexity index is 512. The quantitative estimate of drug-likeness (QED) is 0.586. The maximum absolute atomic E-state index is 11.1. The zero-order valence-corrected chi connectivity index (χ0v) is 10.5. The summed E-state index contributed by atoms with van der Waals surface area (Å²) >= 11 is 0. The lowest BCUT2D eigenvalue weighted by atomic mass is 10.0. The molecule has 92 valence electrons. The molecule has 0 radical (unpaired) electrons. The molecule has 0 unspecified atom stereocenters. The Labute approximate surface area is 108 Å². The third-order valence-electron chi connectivity index (χ3n) is 2.88. The summed E-state index contributed by atoms with van der Waals surface area (Å²) in [5.41, 5.74) is 3.51. The zero-order chi connectivity index (χ0) is 12.8. The molecule has 0 amide bonds. The minimum atomic E-state index is -0.472. The highest BCUT2D eigenvalue weighted by Crippen LogP contribution is 2.27. The molecule has 0 fully saturated rings. The molecule has 0 heterocycles. The molecule has 1 aliphatic carbocycles. The number of hydrogen-bond donors (Lipinski definition) is 0. The van der Waals surface area contributed by atoms with Crippen molar-refractivity contribution in [2.24, 2.45) is 0 Å². The molecule has 0 aliphatic heterocycles. The third-order valence-corrected chi connectivity index (χ3v) is 2.88. The topological polar surface area (TPSA) is 26.3 Å². The maximum Gasteiger partial charge on any atom is 0.384 e. The van der Waals surface area contributed by atoms with Gasteiger partial charge in [-0.15, -0.1) is 0 Å². The van der Waals surface area contributed by atoms with Gasteiger partial charge in [-0.05, 0) is 49.5 Å². The van der Waals surface area contributed by atoms with Gasteiger partial charge in [0.25, 0.3) is 0 Å². The smallest absolute Gasteiger partial charge is 0.384 e. The SMILES string of the molecule is CCOC(=O)C#Cc1ccc(C2=CCCC2)cc1. The average Bonchev–Trinajstić information content (AvgIpc) is 2.91. The van der Waals surface area contributed by atoms with E-state index >= 15 is 0 Å². The third kappa shape index (κ3) is 3.24. The molecule has 18 heavy (non-hydrogen) atoms. The fraction of sp³-hybridized carbons (Fsp3) is 0.312. The van der Waals surface area contributed by atoms with Crippen molar-refractivity contribution >= 4 is 11.5 Å². The van der Waals surface area contributed by atoms with Gasteiger partial charge in [0.15, 0.2) is 0 Å². The van der Waals surface area contributed by atoms with E-state index in [1.165, 1.54) is 24.0 Å². The summed E-state index contributed by atoms with van der Waals surface area (Å²) in [6.07, 6.45) is 5.88. The van der Waals surface area contributed by atoms with Crippen molar-refractivity contribution in [2.75, 3.05) is 6.61 Å². The van der Waals surface area contributed by atoms with Crippen molar-refractivity contribution in [3.05, 3.63) is 41.5 Å². The highest BCUT2D eigenvalue weighted by Gasteiger charge is 2.06. The van der Waals surface area contributed by atoms with E-state index in [0.717, 1.165) is 12.0 Å². The van der Waals surface area contributed by atoms with Crippen LogP contribution in [0.3, 0.4) is 0 Å². The summed E-state index contributed by atoms with van der Waals surface area (Å²) in [6, 6.07) is 8.01. The first-order valence-corrected chi connectivity index (χ1v) is 6.28. The van der Waals surface area contributed by atoms with E-state index in [0.29, 0.717) is 6.61 Å². The molecule has 2 rings (SSSR count). The van der Waals surface area contributed by atoms with Crippen molar-refractivity contribution in [3.8, 4) is 11.8 Å². The number of benzene rings is 1. The van der Waals surface area contributed by atoms with Gasteiger partial charge in [-0.2, -0.15) is 0 Å². The Kier molecular flexibility index (Phi) is 4.20. The maximum atomic E-state index is 11.1. The summed E-state index contributed by atoms with van der Waals surface area (Å²) in [5.74, 6) is 4.79. The number of carbonyl (C=O) groups excluding carboxylic acids is 1. The largest absolute Gasteiger partial charge is 0.456 e. The number of allylic oxidation sites excluding steroid dienone is 2. The Morgan fingerprint density at radius 3 is 2.72 bits per heavy atom. The van der Waals surface area contributed by atoms with Gasteiger partial charge in [0.05, 0.1) is 6.61 Å². The molecule has 0 saturated carbocycles. The average molecular weight is 240 g/mol. The van der Waals surface area contributed by atoms with Crippen molar-refractivity contribution in [1.29, 1.82) is 0 Å².